The van der Waals surface area contributed by atoms with Crippen LogP contribution in [0, 0.1) is 21.4 Å². The average Bonchev–Trinajstić information content (AvgIpc) is 2.95. The number of carbonyl (C=O) groups is 2. The highest BCUT2D eigenvalue weighted by Gasteiger charge is 2.43. The fraction of sp³-hybridized carbons (Fsp3) is 0.321. The zero-order valence-corrected chi connectivity index (χ0v) is 22.5. The highest BCUT2D eigenvalue weighted by molar-refractivity contribution is 6.06. The molecular weight excluding hydrogens is 518 g/mol. The van der Waals surface area contributed by atoms with Gasteiger partial charge in [0.05, 0.1) is 60.2 Å². The van der Waals surface area contributed by atoms with E-state index in [1.807, 2.05) is 18.7 Å². The molecule has 1 fully saturated rings. The summed E-state index contributed by atoms with van der Waals surface area (Å²) in [6.07, 6.45) is -0.290. The van der Waals surface area contributed by atoms with Crippen LogP contribution in [-0.2, 0) is 23.8 Å². The Bertz CT molecular complexity index is 1440. The molecule has 0 bridgehead atoms. The number of carbonyl (C=O) groups excluding carboxylic acids is 2. The second kappa shape index (κ2) is 11.5. The smallest absolute Gasteiger partial charge is 0.355 e. The molecule has 208 valence electrons. The van der Waals surface area contributed by atoms with Gasteiger partial charge in [-0.3, -0.25) is 15.0 Å². The number of nitriles is 1. The molecular formula is C28H29N5O7. The minimum atomic E-state index is -1.05. The van der Waals surface area contributed by atoms with Gasteiger partial charge in [-0.15, -0.1) is 0 Å². The summed E-state index contributed by atoms with van der Waals surface area (Å²) < 4.78 is 15.8. The van der Waals surface area contributed by atoms with Crippen LogP contribution in [0.4, 0.5) is 17.1 Å². The first-order chi connectivity index (χ1) is 19.1. The van der Waals surface area contributed by atoms with Gasteiger partial charge in [-0.1, -0.05) is 30.3 Å². The van der Waals surface area contributed by atoms with Crippen molar-refractivity contribution in [1.29, 1.82) is 5.26 Å². The van der Waals surface area contributed by atoms with Crippen LogP contribution in [0.3, 0.4) is 0 Å². The number of nitrogens with two attached hydrogens (primary N) is 1. The number of hydrogen-bond acceptors (Lipinski definition) is 11. The third-order valence-electron chi connectivity index (χ3n) is 6.78. The van der Waals surface area contributed by atoms with E-state index >= 15 is 0 Å². The van der Waals surface area contributed by atoms with E-state index in [-0.39, 0.29) is 46.2 Å². The van der Waals surface area contributed by atoms with Crippen LogP contribution in [0.15, 0.2) is 71.2 Å². The molecule has 2 N–H and O–H groups in total. The van der Waals surface area contributed by atoms with E-state index < -0.39 is 22.8 Å². The van der Waals surface area contributed by atoms with Crippen molar-refractivity contribution in [1.82, 2.24) is 0 Å². The maximum atomic E-state index is 13.3. The molecule has 12 heteroatoms. The molecule has 2 aromatic rings. The number of morpholine rings is 1. The van der Waals surface area contributed by atoms with E-state index in [0.717, 1.165) is 19.1 Å². The van der Waals surface area contributed by atoms with Crippen molar-refractivity contribution >= 4 is 29.0 Å². The van der Waals surface area contributed by atoms with Crippen molar-refractivity contribution in [3.8, 4) is 6.07 Å². The first-order valence-electron chi connectivity index (χ1n) is 12.5. The number of allylic oxidation sites excluding steroid dienone is 1. The van der Waals surface area contributed by atoms with Gasteiger partial charge in [0.15, 0.2) is 0 Å². The Hall–Kier alpha value is -4.89. The average molecular weight is 548 g/mol. The first-order valence-corrected chi connectivity index (χ1v) is 12.5. The number of anilines is 2. The third-order valence-corrected chi connectivity index (χ3v) is 6.78. The number of nitro benzene ring substituents is 1. The van der Waals surface area contributed by atoms with Gasteiger partial charge in [0.2, 0.25) is 0 Å². The second-order valence-corrected chi connectivity index (χ2v) is 9.43. The molecule has 2 heterocycles. The van der Waals surface area contributed by atoms with E-state index in [0.29, 0.717) is 24.3 Å². The number of ether oxygens (including phenoxy) is 3. The summed E-state index contributed by atoms with van der Waals surface area (Å²) in [7, 11) is 2.28. The lowest BCUT2D eigenvalue weighted by Crippen LogP contribution is -2.45. The summed E-state index contributed by atoms with van der Waals surface area (Å²) in [6, 6.07) is 15.0. The third kappa shape index (κ3) is 5.06. The minimum absolute atomic E-state index is 0.0400. The van der Waals surface area contributed by atoms with Gasteiger partial charge < -0.3 is 24.8 Å². The molecule has 2 aliphatic heterocycles. The van der Waals surface area contributed by atoms with Gasteiger partial charge in [0.25, 0.3) is 5.69 Å². The summed E-state index contributed by atoms with van der Waals surface area (Å²) in [6.45, 7) is 4.65. The normalized spacial score (nSPS) is 21.1. The van der Waals surface area contributed by atoms with Crippen LogP contribution in [0.5, 0.6) is 0 Å². The number of rotatable bonds is 6. The minimum Gasteiger partial charge on any atom is -0.466 e. The van der Waals surface area contributed by atoms with Crippen molar-refractivity contribution in [3.63, 3.8) is 0 Å². The van der Waals surface area contributed by atoms with Crippen molar-refractivity contribution in [3.05, 3.63) is 86.9 Å². The Morgan fingerprint density at radius 1 is 1.07 bits per heavy atom. The van der Waals surface area contributed by atoms with Gasteiger partial charge in [-0.2, -0.15) is 5.26 Å². The van der Waals surface area contributed by atoms with Crippen LogP contribution in [0.25, 0.3) is 0 Å². The van der Waals surface area contributed by atoms with Crippen molar-refractivity contribution in [2.45, 2.75) is 32.0 Å². The molecule has 0 radical (unpaired) electrons. The first kappa shape index (κ1) is 28.1. The number of hydrogen-bond donors (Lipinski definition) is 1. The molecule has 3 unspecified atom stereocenters. The molecule has 0 aliphatic carbocycles. The lowest BCUT2D eigenvalue weighted by atomic mass is 9.81. The summed E-state index contributed by atoms with van der Waals surface area (Å²) in [5, 5.41) is 22.4. The van der Waals surface area contributed by atoms with Gasteiger partial charge in [-0.25, -0.2) is 9.59 Å². The number of esters is 2. The van der Waals surface area contributed by atoms with Gasteiger partial charge in [0, 0.05) is 19.2 Å². The molecule has 2 aromatic carbocycles. The molecule has 0 amide bonds. The Labute approximate surface area is 231 Å². The highest BCUT2D eigenvalue weighted by Crippen LogP contribution is 2.44. The molecule has 2 aliphatic rings. The largest absolute Gasteiger partial charge is 0.466 e. The predicted octanol–water partition coefficient (Wildman–Crippen LogP) is 3.11. The number of nitro groups is 1. The molecule has 0 aromatic heterocycles. The monoisotopic (exact) mass is 547 g/mol. The Balaban J connectivity index is 1.97. The summed E-state index contributed by atoms with van der Waals surface area (Å²) in [5.74, 6) is -3.06. The number of nitrogens with zero attached hydrogens (tertiary/aromatic N) is 4. The van der Waals surface area contributed by atoms with Crippen LogP contribution in [-0.4, -0.2) is 56.4 Å². The molecule has 4 rings (SSSR count). The van der Waals surface area contributed by atoms with E-state index in [1.54, 1.807) is 36.4 Å². The summed E-state index contributed by atoms with van der Waals surface area (Å²) in [5.41, 5.74) is 6.69. The van der Waals surface area contributed by atoms with Gasteiger partial charge in [0.1, 0.15) is 17.2 Å². The predicted molar refractivity (Wildman–Crippen MR) is 145 cm³/mol. The van der Waals surface area contributed by atoms with E-state index in [1.165, 1.54) is 12.1 Å². The van der Waals surface area contributed by atoms with Crippen molar-refractivity contribution in [2.24, 2.45) is 5.73 Å². The van der Waals surface area contributed by atoms with Crippen LogP contribution >= 0.6 is 0 Å². The Morgan fingerprint density at radius 2 is 1.70 bits per heavy atom. The van der Waals surface area contributed by atoms with Crippen LogP contribution in [0.2, 0.25) is 0 Å². The fourth-order valence-corrected chi connectivity index (χ4v) is 5.22. The molecule has 0 spiro atoms. The zero-order chi connectivity index (χ0) is 29.1. The maximum absolute atomic E-state index is 13.3. The maximum Gasteiger partial charge on any atom is 0.355 e. The molecule has 12 nitrogen and oxygen atoms in total. The lowest BCUT2D eigenvalue weighted by Gasteiger charge is -2.37. The van der Waals surface area contributed by atoms with Gasteiger partial charge >= 0.3 is 11.9 Å². The summed E-state index contributed by atoms with van der Waals surface area (Å²) in [4.78, 5) is 41.2. The number of methoxy groups -OCH3 is 2. The Kier molecular flexibility index (Phi) is 8.06. The van der Waals surface area contributed by atoms with Crippen LogP contribution < -0.4 is 15.5 Å². The van der Waals surface area contributed by atoms with Crippen LogP contribution in [0.1, 0.15) is 25.3 Å². The molecule has 1 saturated heterocycles. The van der Waals surface area contributed by atoms with Gasteiger partial charge in [-0.05, 0) is 31.5 Å². The van der Waals surface area contributed by atoms with E-state index in [4.69, 9.17) is 19.9 Å². The fourth-order valence-electron chi connectivity index (χ4n) is 5.22. The quantitative estimate of drug-likeness (QED) is 0.321. The Morgan fingerprint density at radius 3 is 2.25 bits per heavy atom. The highest BCUT2D eigenvalue weighted by atomic mass is 16.6. The van der Waals surface area contributed by atoms with Crippen molar-refractivity contribution < 1.29 is 28.7 Å². The lowest BCUT2D eigenvalue weighted by molar-refractivity contribution is -0.384. The molecule has 3 atom stereocenters. The second-order valence-electron chi connectivity index (χ2n) is 9.43. The molecule has 40 heavy (non-hydrogen) atoms. The van der Waals surface area contributed by atoms with E-state index in [9.17, 15) is 25.0 Å². The topological polar surface area (TPSA) is 161 Å². The zero-order valence-electron chi connectivity index (χ0n) is 22.5. The number of benzene rings is 2. The standard InChI is InChI=1S/C28H29N5O7/c1-16-14-31(15-17(2)40-16)21-11-10-19(12-22(21)33(36)37)32-25(28(35)39-4)24(27(34)38-3)23(20(13-29)26(32)30)18-8-6-5-7-9-18/h5-12,16-17,23H,14-15,30H2,1-4H3. The molecule has 0 saturated carbocycles. The van der Waals surface area contributed by atoms with Crippen molar-refractivity contribution in [2.75, 3.05) is 37.1 Å². The summed E-state index contributed by atoms with van der Waals surface area (Å²) >= 11 is 0. The SMILES string of the molecule is COC(=O)C1=C(C(=O)OC)N(c2ccc(N3CC(C)OC(C)C3)c([N+](=O)[O-])c2)C(N)=C(C#N)C1c1ccccc1. The van der Waals surface area contributed by atoms with E-state index in [2.05, 4.69) is 6.07 Å².